The van der Waals surface area contributed by atoms with Crippen LogP contribution in [0.5, 0.6) is 5.75 Å². The second-order valence-corrected chi connectivity index (χ2v) is 5.33. The zero-order valence-corrected chi connectivity index (χ0v) is 13.3. The Balaban J connectivity index is 1.76. The average Bonchev–Trinajstić information content (AvgIpc) is 3.08. The number of phenolic OH excluding ortho intramolecular Hbond substituents is 1. The number of esters is 1. The van der Waals surface area contributed by atoms with E-state index in [0.717, 1.165) is 5.56 Å². The smallest absolute Gasteiger partial charge is 0.342 e. The number of rotatable bonds is 4. The summed E-state index contributed by atoms with van der Waals surface area (Å²) in [7, 11) is 0. The van der Waals surface area contributed by atoms with Crippen molar-refractivity contribution in [3.8, 4) is 17.2 Å². The van der Waals surface area contributed by atoms with Gasteiger partial charge < -0.3 is 14.3 Å². The first kappa shape index (κ1) is 15.7. The number of carbonyl (C=O) groups is 1. The Morgan fingerprint density at radius 1 is 1.12 bits per heavy atom. The lowest BCUT2D eigenvalue weighted by Gasteiger charge is -2.11. The Kier molecular flexibility index (Phi) is 4.29. The fourth-order valence-electron chi connectivity index (χ4n) is 2.19. The van der Waals surface area contributed by atoms with Gasteiger partial charge in [0.1, 0.15) is 11.3 Å². The van der Waals surface area contributed by atoms with E-state index in [4.69, 9.17) is 9.15 Å². The molecule has 0 radical (unpaired) electrons. The molecule has 0 unspecified atom stereocenters. The van der Waals surface area contributed by atoms with Crippen molar-refractivity contribution in [1.29, 1.82) is 0 Å². The molecule has 0 spiro atoms. The third-order valence-electron chi connectivity index (χ3n) is 3.55. The molecule has 0 aliphatic heterocycles. The second-order valence-electron chi connectivity index (χ2n) is 5.33. The van der Waals surface area contributed by atoms with Crippen LogP contribution in [-0.4, -0.2) is 21.3 Å². The highest BCUT2D eigenvalue weighted by Crippen LogP contribution is 2.26. The molecular formula is C18H16N2O4. The lowest BCUT2D eigenvalue weighted by atomic mass is 10.1. The molecule has 2 aromatic carbocycles. The van der Waals surface area contributed by atoms with Gasteiger partial charge in [0.25, 0.3) is 5.89 Å². The van der Waals surface area contributed by atoms with Crippen LogP contribution in [0.25, 0.3) is 11.5 Å². The highest BCUT2D eigenvalue weighted by atomic mass is 16.6. The summed E-state index contributed by atoms with van der Waals surface area (Å²) < 4.78 is 10.9. The van der Waals surface area contributed by atoms with Crippen molar-refractivity contribution in [2.24, 2.45) is 0 Å². The van der Waals surface area contributed by atoms with Crippen molar-refractivity contribution in [2.75, 3.05) is 0 Å². The Morgan fingerprint density at radius 3 is 2.62 bits per heavy atom. The first-order valence-corrected chi connectivity index (χ1v) is 7.44. The highest BCUT2D eigenvalue weighted by molar-refractivity contribution is 5.92. The number of hydrogen-bond acceptors (Lipinski definition) is 6. The molecule has 0 saturated carbocycles. The van der Waals surface area contributed by atoms with Crippen molar-refractivity contribution < 1.29 is 19.1 Å². The fourth-order valence-corrected chi connectivity index (χ4v) is 2.19. The van der Waals surface area contributed by atoms with E-state index in [1.165, 1.54) is 6.07 Å². The van der Waals surface area contributed by atoms with Gasteiger partial charge in [0.15, 0.2) is 6.10 Å². The van der Waals surface area contributed by atoms with Gasteiger partial charge in [-0.15, -0.1) is 10.2 Å². The van der Waals surface area contributed by atoms with Gasteiger partial charge in [-0.3, -0.25) is 0 Å². The number of aromatic hydroxyl groups is 1. The number of carbonyl (C=O) groups excluding carboxylic acids is 1. The Bertz CT molecular complexity index is 858. The summed E-state index contributed by atoms with van der Waals surface area (Å²) in [6, 6.07) is 14.2. The number of nitrogens with zero attached hydrogens (tertiary/aromatic N) is 2. The molecule has 6 heteroatoms. The zero-order valence-electron chi connectivity index (χ0n) is 13.3. The number of ether oxygens (including phenoxy) is 1. The maximum atomic E-state index is 12.2. The molecule has 0 aliphatic carbocycles. The van der Waals surface area contributed by atoms with Gasteiger partial charge in [-0.25, -0.2) is 4.79 Å². The summed E-state index contributed by atoms with van der Waals surface area (Å²) in [6.07, 6.45) is -0.734. The van der Waals surface area contributed by atoms with Crippen molar-refractivity contribution in [2.45, 2.75) is 20.0 Å². The monoisotopic (exact) mass is 324 g/mol. The quantitative estimate of drug-likeness (QED) is 0.737. The van der Waals surface area contributed by atoms with Crippen LogP contribution in [0.15, 0.2) is 52.9 Å². The van der Waals surface area contributed by atoms with Gasteiger partial charge in [0.2, 0.25) is 5.89 Å². The van der Waals surface area contributed by atoms with E-state index in [1.807, 2.05) is 30.3 Å². The van der Waals surface area contributed by atoms with Crippen LogP contribution in [0.1, 0.15) is 34.8 Å². The van der Waals surface area contributed by atoms with Gasteiger partial charge >= 0.3 is 5.97 Å². The summed E-state index contributed by atoms with van der Waals surface area (Å²) in [5, 5.41) is 17.8. The molecule has 1 aromatic heterocycles. The summed E-state index contributed by atoms with van der Waals surface area (Å²) in [5.41, 5.74) is 1.48. The molecule has 24 heavy (non-hydrogen) atoms. The number of phenols is 1. The average molecular weight is 324 g/mol. The van der Waals surface area contributed by atoms with Crippen LogP contribution >= 0.6 is 0 Å². The van der Waals surface area contributed by atoms with Gasteiger partial charge in [-0.2, -0.15) is 0 Å². The van der Waals surface area contributed by atoms with Crippen molar-refractivity contribution in [3.63, 3.8) is 0 Å². The molecule has 3 aromatic rings. The van der Waals surface area contributed by atoms with E-state index < -0.39 is 12.1 Å². The second kappa shape index (κ2) is 6.54. The van der Waals surface area contributed by atoms with E-state index in [0.29, 0.717) is 11.5 Å². The summed E-state index contributed by atoms with van der Waals surface area (Å²) in [4.78, 5) is 12.2. The Labute approximate surface area is 138 Å². The molecule has 0 aliphatic rings. The number of aryl methyl sites for hydroxylation is 1. The Morgan fingerprint density at radius 2 is 1.88 bits per heavy atom. The van der Waals surface area contributed by atoms with E-state index in [-0.39, 0.29) is 17.2 Å². The molecule has 0 amide bonds. The SMILES string of the molecule is Cc1cccc(C(=O)O[C@H](C)c2nnc(-c3ccccc3)o2)c1O. The molecular weight excluding hydrogens is 308 g/mol. The zero-order chi connectivity index (χ0) is 17.1. The molecule has 0 saturated heterocycles. The van der Waals surface area contributed by atoms with Gasteiger partial charge in [0.05, 0.1) is 0 Å². The first-order chi connectivity index (χ1) is 11.6. The van der Waals surface area contributed by atoms with Crippen LogP contribution in [-0.2, 0) is 4.74 Å². The molecule has 3 rings (SSSR count). The van der Waals surface area contributed by atoms with E-state index in [2.05, 4.69) is 10.2 Å². The van der Waals surface area contributed by atoms with E-state index in [1.54, 1.807) is 26.0 Å². The molecule has 0 bridgehead atoms. The standard InChI is InChI=1S/C18H16N2O4/c1-11-7-6-10-14(15(11)21)18(22)23-12(2)16-19-20-17(24-16)13-8-4-3-5-9-13/h3-10,12,21H,1-2H3/t12-/m1/s1. The first-order valence-electron chi connectivity index (χ1n) is 7.44. The van der Waals surface area contributed by atoms with Crippen LogP contribution in [0, 0.1) is 6.92 Å². The fraction of sp³-hybridized carbons (Fsp3) is 0.167. The van der Waals surface area contributed by atoms with Gasteiger partial charge in [-0.05, 0) is 37.6 Å². The summed E-state index contributed by atoms with van der Waals surface area (Å²) >= 11 is 0. The number of benzene rings is 2. The predicted octanol–water partition coefficient (Wildman–Crippen LogP) is 3.67. The van der Waals surface area contributed by atoms with Gasteiger partial charge in [0, 0.05) is 5.56 Å². The summed E-state index contributed by atoms with van der Waals surface area (Å²) in [5.74, 6) is -0.199. The maximum absolute atomic E-state index is 12.2. The van der Waals surface area contributed by atoms with Gasteiger partial charge in [-0.1, -0.05) is 30.3 Å². The lowest BCUT2D eigenvalue weighted by Crippen LogP contribution is -2.10. The van der Waals surface area contributed by atoms with Crippen LogP contribution in [0.4, 0.5) is 0 Å². The number of para-hydroxylation sites is 1. The van der Waals surface area contributed by atoms with Crippen LogP contribution < -0.4 is 0 Å². The highest BCUT2D eigenvalue weighted by Gasteiger charge is 2.22. The molecule has 6 nitrogen and oxygen atoms in total. The minimum atomic E-state index is -0.734. The van der Waals surface area contributed by atoms with E-state index in [9.17, 15) is 9.90 Å². The maximum Gasteiger partial charge on any atom is 0.342 e. The number of hydrogen-bond donors (Lipinski definition) is 1. The molecule has 1 heterocycles. The normalized spacial score (nSPS) is 11.9. The molecule has 0 fully saturated rings. The third-order valence-corrected chi connectivity index (χ3v) is 3.55. The van der Waals surface area contributed by atoms with Crippen LogP contribution in [0.3, 0.4) is 0 Å². The van der Waals surface area contributed by atoms with E-state index >= 15 is 0 Å². The molecule has 122 valence electrons. The topological polar surface area (TPSA) is 85.5 Å². The van der Waals surface area contributed by atoms with Crippen molar-refractivity contribution in [3.05, 3.63) is 65.5 Å². The Hall–Kier alpha value is -3.15. The predicted molar refractivity (Wildman–Crippen MR) is 86.4 cm³/mol. The summed E-state index contributed by atoms with van der Waals surface area (Å²) in [6.45, 7) is 3.34. The lowest BCUT2D eigenvalue weighted by molar-refractivity contribution is 0.0276. The minimum absolute atomic E-state index is 0.0924. The van der Waals surface area contributed by atoms with Crippen molar-refractivity contribution in [1.82, 2.24) is 10.2 Å². The number of aromatic nitrogens is 2. The largest absolute Gasteiger partial charge is 0.507 e. The van der Waals surface area contributed by atoms with Crippen molar-refractivity contribution >= 4 is 5.97 Å². The molecule has 1 N–H and O–H groups in total. The minimum Gasteiger partial charge on any atom is -0.507 e. The van der Waals surface area contributed by atoms with Crippen LogP contribution in [0.2, 0.25) is 0 Å². The molecule has 1 atom stereocenters. The third kappa shape index (κ3) is 3.12.